The van der Waals surface area contributed by atoms with E-state index in [-0.39, 0.29) is 11.5 Å². The van der Waals surface area contributed by atoms with Gasteiger partial charge in [0.2, 0.25) is 0 Å². The molecule has 0 heterocycles. The maximum Gasteiger partial charge on any atom is 0.119 e. The summed E-state index contributed by atoms with van der Waals surface area (Å²) >= 11 is 0. The summed E-state index contributed by atoms with van der Waals surface area (Å²) in [7, 11) is 1.74. The third-order valence-corrected chi connectivity index (χ3v) is 6.78. The lowest BCUT2D eigenvalue weighted by atomic mass is 9.56. The van der Waals surface area contributed by atoms with Gasteiger partial charge in [0.25, 0.3) is 0 Å². The van der Waals surface area contributed by atoms with Crippen LogP contribution < -0.4 is 4.74 Å². The largest absolute Gasteiger partial charge is 0.497 e. The molecular formula is C20H26O2. The molecule has 2 heteroatoms. The zero-order valence-electron chi connectivity index (χ0n) is 13.8. The van der Waals surface area contributed by atoms with E-state index in [0.717, 1.165) is 18.6 Å². The molecule has 118 valence electrons. The van der Waals surface area contributed by atoms with Crippen LogP contribution in [0.25, 0.3) is 6.08 Å². The molecule has 2 nitrogen and oxygen atoms in total. The fourth-order valence-electron chi connectivity index (χ4n) is 5.54. The molecule has 0 radical (unpaired) electrons. The number of hydrogen-bond donors (Lipinski definition) is 1. The van der Waals surface area contributed by atoms with Crippen molar-refractivity contribution in [2.75, 3.05) is 7.11 Å². The lowest BCUT2D eigenvalue weighted by molar-refractivity contribution is -0.00803. The number of rotatable bonds is 1. The van der Waals surface area contributed by atoms with E-state index in [0.29, 0.717) is 17.8 Å². The summed E-state index contributed by atoms with van der Waals surface area (Å²) in [4.78, 5) is 0. The van der Waals surface area contributed by atoms with E-state index >= 15 is 0 Å². The van der Waals surface area contributed by atoms with Gasteiger partial charge >= 0.3 is 0 Å². The monoisotopic (exact) mass is 298 g/mol. The number of aliphatic hydroxyl groups is 1. The fraction of sp³-hybridized carbons (Fsp3) is 0.600. The number of hydrogen-bond acceptors (Lipinski definition) is 2. The average Bonchev–Trinajstić information content (AvgIpc) is 2.82. The number of aliphatic hydroxyl groups excluding tert-OH is 1. The quantitative estimate of drug-likeness (QED) is 0.837. The van der Waals surface area contributed by atoms with Crippen molar-refractivity contribution in [1.29, 1.82) is 0 Å². The maximum atomic E-state index is 10.5. The Morgan fingerprint density at radius 1 is 1.23 bits per heavy atom. The van der Waals surface area contributed by atoms with E-state index in [1.807, 2.05) is 0 Å². The minimum absolute atomic E-state index is 0.106. The molecule has 0 unspecified atom stereocenters. The van der Waals surface area contributed by atoms with Gasteiger partial charge in [-0.25, -0.2) is 0 Å². The average molecular weight is 298 g/mol. The number of fused-ring (bicyclic) bond motifs is 5. The van der Waals surface area contributed by atoms with Crippen molar-refractivity contribution in [3.05, 3.63) is 34.9 Å². The van der Waals surface area contributed by atoms with Crippen LogP contribution in [0.4, 0.5) is 0 Å². The molecular weight excluding hydrogens is 272 g/mol. The van der Waals surface area contributed by atoms with Gasteiger partial charge in [0.1, 0.15) is 5.75 Å². The highest BCUT2D eigenvalue weighted by molar-refractivity contribution is 5.63. The molecule has 1 aromatic rings. The Labute approximate surface area is 133 Å². The van der Waals surface area contributed by atoms with Crippen LogP contribution in [0.15, 0.2) is 18.2 Å². The molecule has 3 aliphatic rings. The van der Waals surface area contributed by atoms with Crippen LogP contribution in [0, 0.1) is 24.2 Å². The van der Waals surface area contributed by atoms with Gasteiger partial charge < -0.3 is 9.84 Å². The van der Waals surface area contributed by atoms with Gasteiger partial charge in [-0.3, -0.25) is 0 Å². The molecule has 2 saturated carbocycles. The van der Waals surface area contributed by atoms with Crippen molar-refractivity contribution in [1.82, 2.24) is 0 Å². The van der Waals surface area contributed by atoms with E-state index < -0.39 is 0 Å². The van der Waals surface area contributed by atoms with E-state index in [4.69, 9.17) is 4.74 Å². The van der Waals surface area contributed by atoms with Crippen LogP contribution in [0.3, 0.4) is 0 Å². The van der Waals surface area contributed by atoms with Crippen LogP contribution in [-0.2, 0) is 0 Å². The standard InChI is InChI=1S/C20H26O2/c1-12-10-14(22-3)11-13-4-5-15-16(19(12)13)8-9-20(2)17(15)6-7-18(20)21/h4-5,10-11,15-18,21H,6-9H2,1-3H3/t15-,16-,17-,18+,20-/m1/s1. The minimum Gasteiger partial charge on any atom is -0.497 e. The van der Waals surface area contributed by atoms with Gasteiger partial charge in [0.15, 0.2) is 0 Å². The first-order valence-corrected chi connectivity index (χ1v) is 8.59. The minimum atomic E-state index is -0.106. The van der Waals surface area contributed by atoms with Gasteiger partial charge in [-0.05, 0) is 84.6 Å². The zero-order valence-corrected chi connectivity index (χ0v) is 13.8. The molecule has 1 aromatic carbocycles. The van der Waals surface area contributed by atoms with Crippen molar-refractivity contribution in [2.45, 2.75) is 51.6 Å². The molecule has 0 aromatic heterocycles. The Bertz CT molecular complexity index is 633. The summed E-state index contributed by atoms with van der Waals surface area (Å²) in [6.07, 6.45) is 9.11. The second-order valence-electron chi connectivity index (χ2n) is 7.73. The summed E-state index contributed by atoms with van der Waals surface area (Å²) in [5, 5.41) is 10.5. The highest BCUT2D eigenvalue weighted by atomic mass is 16.5. The van der Waals surface area contributed by atoms with E-state index in [1.54, 1.807) is 7.11 Å². The first kappa shape index (κ1) is 14.3. The normalized spacial score (nSPS) is 39.1. The highest BCUT2D eigenvalue weighted by Crippen LogP contribution is 2.60. The number of benzene rings is 1. The smallest absolute Gasteiger partial charge is 0.119 e. The summed E-state index contributed by atoms with van der Waals surface area (Å²) in [5.41, 5.74) is 4.34. The highest BCUT2D eigenvalue weighted by Gasteiger charge is 2.53. The predicted molar refractivity (Wildman–Crippen MR) is 89.1 cm³/mol. The van der Waals surface area contributed by atoms with Crippen LogP contribution in [0.5, 0.6) is 5.75 Å². The van der Waals surface area contributed by atoms with Crippen molar-refractivity contribution < 1.29 is 9.84 Å². The number of allylic oxidation sites excluding steroid dienone is 1. The van der Waals surface area contributed by atoms with Crippen LogP contribution >= 0.6 is 0 Å². The molecule has 0 bridgehead atoms. The van der Waals surface area contributed by atoms with Crippen LogP contribution in [0.1, 0.15) is 55.2 Å². The van der Waals surface area contributed by atoms with Gasteiger partial charge in [-0.1, -0.05) is 19.1 Å². The Morgan fingerprint density at radius 3 is 2.82 bits per heavy atom. The molecule has 0 amide bonds. The topological polar surface area (TPSA) is 29.5 Å². The third-order valence-electron chi connectivity index (χ3n) is 6.78. The molecule has 3 aliphatic carbocycles. The summed E-state index contributed by atoms with van der Waals surface area (Å²) in [6, 6.07) is 4.35. The van der Waals surface area contributed by atoms with Crippen molar-refractivity contribution in [3.63, 3.8) is 0 Å². The Kier molecular flexibility index (Phi) is 3.16. The van der Waals surface area contributed by atoms with Crippen molar-refractivity contribution in [3.8, 4) is 5.75 Å². The Balaban J connectivity index is 1.77. The molecule has 0 spiro atoms. The SMILES string of the molecule is COc1cc(C)c2c(c1)C=C[C@H]1[C@H]3CC[C@H](O)[C@]3(C)CC[C@@H]21. The van der Waals surface area contributed by atoms with Gasteiger partial charge in [0.05, 0.1) is 13.2 Å². The Morgan fingerprint density at radius 2 is 2.05 bits per heavy atom. The van der Waals surface area contributed by atoms with E-state index in [2.05, 4.69) is 38.1 Å². The zero-order chi connectivity index (χ0) is 15.5. The molecule has 1 N–H and O–H groups in total. The first-order chi connectivity index (χ1) is 10.5. The number of ether oxygens (including phenoxy) is 1. The lowest BCUT2D eigenvalue weighted by Crippen LogP contribution is -2.42. The third kappa shape index (κ3) is 1.83. The fourth-order valence-corrected chi connectivity index (χ4v) is 5.54. The first-order valence-electron chi connectivity index (χ1n) is 8.59. The molecule has 4 rings (SSSR count). The summed E-state index contributed by atoms with van der Waals surface area (Å²) in [6.45, 7) is 4.53. The van der Waals surface area contributed by atoms with Crippen molar-refractivity contribution in [2.24, 2.45) is 17.3 Å². The molecule has 0 aliphatic heterocycles. The lowest BCUT2D eigenvalue weighted by Gasteiger charge is -2.48. The Hall–Kier alpha value is -1.28. The van der Waals surface area contributed by atoms with E-state index in [1.165, 1.54) is 29.5 Å². The van der Waals surface area contributed by atoms with Crippen LogP contribution in [-0.4, -0.2) is 18.3 Å². The van der Waals surface area contributed by atoms with Crippen LogP contribution in [0.2, 0.25) is 0 Å². The van der Waals surface area contributed by atoms with Gasteiger partial charge in [-0.2, -0.15) is 0 Å². The molecule has 2 fully saturated rings. The van der Waals surface area contributed by atoms with Crippen molar-refractivity contribution >= 4 is 6.08 Å². The molecule has 5 atom stereocenters. The molecule has 22 heavy (non-hydrogen) atoms. The maximum absolute atomic E-state index is 10.5. The second kappa shape index (κ2) is 4.86. The second-order valence-corrected chi connectivity index (χ2v) is 7.73. The van der Waals surface area contributed by atoms with Gasteiger partial charge in [-0.15, -0.1) is 0 Å². The summed E-state index contributed by atoms with van der Waals surface area (Å²) < 4.78 is 5.43. The van der Waals surface area contributed by atoms with Gasteiger partial charge in [0, 0.05) is 0 Å². The number of methoxy groups -OCH3 is 1. The number of aryl methyl sites for hydroxylation is 1. The molecule has 0 saturated heterocycles. The van der Waals surface area contributed by atoms with E-state index in [9.17, 15) is 5.11 Å². The summed E-state index contributed by atoms with van der Waals surface area (Å²) in [5.74, 6) is 2.80. The predicted octanol–water partition coefficient (Wildman–Crippen LogP) is 4.30.